The monoisotopic (exact) mass is 288 g/mol. The highest BCUT2D eigenvalue weighted by atomic mass is 32.1. The molecule has 0 aliphatic carbocycles. The van der Waals surface area contributed by atoms with E-state index in [4.69, 9.17) is 0 Å². The van der Waals surface area contributed by atoms with E-state index in [1.807, 2.05) is 30.3 Å². The van der Waals surface area contributed by atoms with Crippen LogP contribution in [0.5, 0.6) is 0 Å². The summed E-state index contributed by atoms with van der Waals surface area (Å²) in [6.45, 7) is 1.25. The van der Waals surface area contributed by atoms with Gasteiger partial charge in [-0.3, -0.25) is 4.79 Å². The highest BCUT2D eigenvalue weighted by Crippen LogP contribution is 2.26. The van der Waals surface area contributed by atoms with E-state index >= 15 is 0 Å². The molecule has 5 heteroatoms. The molecule has 0 radical (unpaired) electrons. The Morgan fingerprint density at radius 2 is 1.95 bits per heavy atom. The zero-order valence-corrected chi connectivity index (χ0v) is 11.8. The molecule has 0 spiro atoms. The molecule has 4 nitrogen and oxygen atoms in total. The van der Waals surface area contributed by atoms with Gasteiger partial charge in [-0.2, -0.15) is 0 Å². The first-order chi connectivity index (χ1) is 9.74. The number of carbonyl (C=O) groups is 1. The van der Waals surface area contributed by atoms with Gasteiger partial charge in [0.2, 0.25) is 0 Å². The largest absolute Gasteiger partial charge is 0.393 e. The molecule has 2 heterocycles. The number of rotatable bonds is 2. The Morgan fingerprint density at radius 3 is 2.65 bits per heavy atom. The van der Waals surface area contributed by atoms with E-state index in [1.165, 1.54) is 11.3 Å². The fraction of sp³-hybridized carbons (Fsp3) is 0.333. The summed E-state index contributed by atoms with van der Waals surface area (Å²) in [7, 11) is 0. The summed E-state index contributed by atoms with van der Waals surface area (Å²) in [5.41, 5.74) is 1.03. The topological polar surface area (TPSA) is 53.4 Å². The van der Waals surface area contributed by atoms with Crippen LogP contribution in [-0.2, 0) is 0 Å². The highest BCUT2D eigenvalue weighted by molar-refractivity contribution is 7.16. The normalized spacial score (nSPS) is 16.4. The van der Waals surface area contributed by atoms with E-state index in [1.54, 1.807) is 11.1 Å². The summed E-state index contributed by atoms with van der Waals surface area (Å²) < 4.78 is 0. The third kappa shape index (κ3) is 2.73. The number of hydrogen-bond acceptors (Lipinski definition) is 4. The Bertz CT molecular complexity index is 589. The van der Waals surface area contributed by atoms with Crippen molar-refractivity contribution in [2.45, 2.75) is 18.9 Å². The summed E-state index contributed by atoms with van der Waals surface area (Å²) in [4.78, 5) is 19.2. The van der Waals surface area contributed by atoms with Gasteiger partial charge in [-0.05, 0) is 12.8 Å². The molecule has 1 saturated heterocycles. The van der Waals surface area contributed by atoms with E-state index in [9.17, 15) is 9.90 Å². The predicted octanol–water partition coefficient (Wildman–Crippen LogP) is 2.41. The number of benzene rings is 1. The number of amides is 1. The van der Waals surface area contributed by atoms with Crippen LogP contribution in [0, 0.1) is 0 Å². The summed E-state index contributed by atoms with van der Waals surface area (Å²) in [6.07, 6.45) is 2.72. The zero-order chi connectivity index (χ0) is 13.9. The third-order valence-electron chi connectivity index (χ3n) is 3.49. The molecule has 2 aromatic rings. The lowest BCUT2D eigenvalue weighted by molar-refractivity contribution is 0.0550. The van der Waals surface area contributed by atoms with Crippen LogP contribution < -0.4 is 0 Å². The molecule has 1 amide bonds. The molecule has 20 heavy (non-hydrogen) atoms. The molecule has 0 saturated carbocycles. The first kappa shape index (κ1) is 13.3. The number of nitrogens with zero attached hydrogens (tertiary/aromatic N) is 2. The van der Waals surface area contributed by atoms with Crippen molar-refractivity contribution in [1.29, 1.82) is 0 Å². The smallest absolute Gasteiger partial charge is 0.265 e. The predicted molar refractivity (Wildman–Crippen MR) is 78.7 cm³/mol. The summed E-state index contributed by atoms with van der Waals surface area (Å²) in [5.74, 6) is 0.0246. The molecule has 1 aliphatic heterocycles. The van der Waals surface area contributed by atoms with Crippen LogP contribution in [0.25, 0.3) is 10.6 Å². The molecule has 3 rings (SSSR count). The molecule has 0 unspecified atom stereocenters. The lowest BCUT2D eigenvalue weighted by atomic mass is 10.1. The minimum atomic E-state index is -0.264. The van der Waals surface area contributed by atoms with Gasteiger partial charge in [-0.25, -0.2) is 4.98 Å². The quantitative estimate of drug-likeness (QED) is 0.923. The number of piperidine rings is 1. The number of likely N-dealkylation sites (tertiary alicyclic amines) is 1. The second kappa shape index (κ2) is 5.73. The molecule has 1 aromatic heterocycles. The van der Waals surface area contributed by atoms with Gasteiger partial charge in [0, 0.05) is 18.7 Å². The molecule has 1 aliphatic rings. The van der Waals surface area contributed by atoms with Gasteiger partial charge >= 0.3 is 0 Å². The lowest BCUT2D eigenvalue weighted by Crippen LogP contribution is -2.39. The van der Waals surface area contributed by atoms with Crippen LogP contribution in [0.3, 0.4) is 0 Å². The summed E-state index contributed by atoms with van der Waals surface area (Å²) in [5, 5.41) is 10.4. The first-order valence-corrected chi connectivity index (χ1v) is 7.54. The fourth-order valence-electron chi connectivity index (χ4n) is 2.31. The molecular weight excluding hydrogens is 272 g/mol. The maximum absolute atomic E-state index is 12.4. The van der Waals surface area contributed by atoms with Crippen molar-refractivity contribution in [3.63, 3.8) is 0 Å². The molecule has 104 valence electrons. The molecule has 1 aromatic carbocycles. The zero-order valence-electron chi connectivity index (χ0n) is 11.0. The molecule has 0 atom stereocenters. The van der Waals surface area contributed by atoms with Gasteiger partial charge in [0.25, 0.3) is 5.91 Å². The average molecular weight is 288 g/mol. The SMILES string of the molecule is O=C(c1cnc(-c2ccccc2)s1)N1CCC(O)CC1. The van der Waals surface area contributed by atoms with Gasteiger partial charge in [-0.1, -0.05) is 30.3 Å². The molecular formula is C15H16N2O2S. The van der Waals surface area contributed by atoms with E-state index in [0.29, 0.717) is 30.8 Å². The lowest BCUT2D eigenvalue weighted by Gasteiger charge is -2.29. The van der Waals surface area contributed by atoms with Crippen molar-refractivity contribution < 1.29 is 9.90 Å². The standard InChI is InChI=1S/C15H16N2O2S/c18-12-6-8-17(9-7-12)15(19)13-10-16-14(20-13)11-4-2-1-3-5-11/h1-5,10,12,18H,6-9H2. The number of aromatic nitrogens is 1. The molecule has 1 fully saturated rings. The van der Waals surface area contributed by atoms with E-state index < -0.39 is 0 Å². The maximum Gasteiger partial charge on any atom is 0.265 e. The van der Waals surface area contributed by atoms with Crippen molar-refractivity contribution in [3.05, 3.63) is 41.4 Å². The summed E-state index contributed by atoms with van der Waals surface area (Å²) >= 11 is 1.42. The number of aliphatic hydroxyl groups is 1. The number of aliphatic hydroxyl groups excluding tert-OH is 1. The maximum atomic E-state index is 12.4. The Kier molecular flexibility index (Phi) is 3.80. The highest BCUT2D eigenvalue weighted by Gasteiger charge is 2.23. The van der Waals surface area contributed by atoms with Gasteiger partial charge in [0.1, 0.15) is 9.88 Å². The van der Waals surface area contributed by atoms with E-state index in [0.717, 1.165) is 10.6 Å². The van der Waals surface area contributed by atoms with Crippen molar-refractivity contribution in [2.75, 3.05) is 13.1 Å². The van der Waals surface area contributed by atoms with Crippen LogP contribution in [-0.4, -0.2) is 40.1 Å². The second-order valence-electron chi connectivity index (χ2n) is 4.92. The van der Waals surface area contributed by atoms with E-state index in [2.05, 4.69) is 4.98 Å². The minimum Gasteiger partial charge on any atom is -0.393 e. The second-order valence-corrected chi connectivity index (χ2v) is 5.95. The van der Waals surface area contributed by atoms with Crippen LogP contribution in [0.1, 0.15) is 22.5 Å². The summed E-state index contributed by atoms with van der Waals surface area (Å²) in [6, 6.07) is 9.87. The van der Waals surface area contributed by atoms with Gasteiger partial charge in [0.05, 0.1) is 12.3 Å². The Hall–Kier alpha value is -1.72. The fourth-order valence-corrected chi connectivity index (χ4v) is 3.20. The minimum absolute atomic E-state index is 0.0246. The van der Waals surface area contributed by atoms with E-state index in [-0.39, 0.29) is 12.0 Å². The van der Waals surface area contributed by atoms with Gasteiger partial charge in [-0.15, -0.1) is 11.3 Å². The van der Waals surface area contributed by atoms with Gasteiger partial charge < -0.3 is 10.0 Å². The number of carbonyl (C=O) groups excluding carboxylic acids is 1. The first-order valence-electron chi connectivity index (χ1n) is 6.72. The Balaban J connectivity index is 1.75. The third-order valence-corrected chi connectivity index (χ3v) is 4.52. The van der Waals surface area contributed by atoms with Crippen molar-refractivity contribution >= 4 is 17.2 Å². The molecule has 0 bridgehead atoms. The molecule has 1 N–H and O–H groups in total. The Labute approximate surface area is 121 Å². The average Bonchev–Trinajstić information content (AvgIpc) is 2.98. The van der Waals surface area contributed by atoms with Gasteiger partial charge in [0.15, 0.2) is 0 Å². The van der Waals surface area contributed by atoms with Crippen molar-refractivity contribution in [3.8, 4) is 10.6 Å². The van der Waals surface area contributed by atoms with Crippen molar-refractivity contribution in [2.24, 2.45) is 0 Å². The van der Waals surface area contributed by atoms with Crippen LogP contribution in [0.15, 0.2) is 36.5 Å². The van der Waals surface area contributed by atoms with Crippen molar-refractivity contribution in [1.82, 2.24) is 9.88 Å². The van der Waals surface area contributed by atoms with Crippen LogP contribution in [0.4, 0.5) is 0 Å². The van der Waals surface area contributed by atoms with Crippen LogP contribution in [0.2, 0.25) is 0 Å². The number of thiazole rings is 1. The van der Waals surface area contributed by atoms with Crippen LogP contribution >= 0.6 is 11.3 Å². The number of hydrogen-bond donors (Lipinski definition) is 1. The Morgan fingerprint density at radius 1 is 1.25 bits per heavy atom.